The van der Waals surface area contributed by atoms with E-state index in [0.29, 0.717) is 18.8 Å². The zero-order valence-corrected chi connectivity index (χ0v) is 11.3. The average Bonchev–Trinajstić information content (AvgIpc) is 2.92. The highest BCUT2D eigenvalue weighted by molar-refractivity contribution is 5.91. The third kappa shape index (κ3) is 3.12. The van der Waals surface area contributed by atoms with Crippen LogP contribution in [0, 0.1) is 0 Å². The fourth-order valence-electron chi connectivity index (χ4n) is 2.15. The van der Waals surface area contributed by atoms with Crippen LogP contribution >= 0.6 is 0 Å². The number of fused-ring (bicyclic) bond motifs is 1. The van der Waals surface area contributed by atoms with Crippen molar-refractivity contribution >= 4 is 16.9 Å². The number of carbonyl (C=O) groups is 1. The number of benzene rings is 2. The van der Waals surface area contributed by atoms with Crippen molar-refractivity contribution in [3.05, 3.63) is 71.5 Å². The normalized spacial score (nSPS) is 10.9. The summed E-state index contributed by atoms with van der Waals surface area (Å²) in [7, 11) is 0. The summed E-state index contributed by atoms with van der Waals surface area (Å²) in [5.74, 6) is -1.11. The zero-order valence-electron chi connectivity index (χ0n) is 11.3. The van der Waals surface area contributed by atoms with E-state index in [-0.39, 0.29) is 5.76 Å². The van der Waals surface area contributed by atoms with Gasteiger partial charge >= 0.3 is 5.97 Å². The first-order chi connectivity index (χ1) is 10.2. The van der Waals surface area contributed by atoms with E-state index in [4.69, 9.17) is 14.3 Å². The molecule has 0 atom stereocenters. The minimum absolute atomic E-state index is 0.0487. The van der Waals surface area contributed by atoms with Crippen molar-refractivity contribution in [1.82, 2.24) is 0 Å². The number of rotatable bonds is 5. The molecule has 106 valence electrons. The molecular weight excluding hydrogens is 268 g/mol. The van der Waals surface area contributed by atoms with Crippen LogP contribution in [0.25, 0.3) is 11.0 Å². The van der Waals surface area contributed by atoms with E-state index in [1.54, 1.807) is 6.07 Å². The molecular formula is C17H14O4. The maximum absolute atomic E-state index is 10.9. The molecule has 0 amide bonds. The Hall–Kier alpha value is -2.59. The summed E-state index contributed by atoms with van der Waals surface area (Å²) in [6.45, 7) is 1.02. The molecule has 0 aliphatic carbocycles. The number of carboxylic acids is 1. The van der Waals surface area contributed by atoms with Crippen molar-refractivity contribution in [3.8, 4) is 0 Å². The van der Waals surface area contributed by atoms with Crippen LogP contribution in [0.4, 0.5) is 0 Å². The largest absolute Gasteiger partial charge is 0.475 e. The molecule has 4 heteroatoms. The first-order valence-electron chi connectivity index (χ1n) is 6.60. The molecule has 4 nitrogen and oxygen atoms in total. The Kier molecular flexibility index (Phi) is 3.71. The monoisotopic (exact) mass is 282 g/mol. The van der Waals surface area contributed by atoms with E-state index in [1.165, 1.54) is 6.07 Å². The molecule has 0 radical (unpaired) electrons. The molecule has 0 aliphatic rings. The molecule has 0 saturated carbocycles. The summed E-state index contributed by atoms with van der Waals surface area (Å²) in [6, 6.07) is 17.0. The van der Waals surface area contributed by atoms with E-state index in [2.05, 4.69) is 0 Å². The molecule has 2 aromatic carbocycles. The van der Waals surface area contributed by atoms with Gasteiger partial charge in [-0.2, -0.15) is 0 Å². The lowest BCUT2D eigenvalue weighted by molar-refractivity contribution is 0.0665. The average molecular weight is 282 g/mol. The highest BCUT2D eigenvalue weighted by Crippen LogP contribution is 2.21. The first kappa shape index (κ1) is 13.4. The van der Waals surface area contributed by atoms with Gasteiger partial charge in [0.25, 0.3) is 0 Å². The fraction of sp³-hybridized carbons (Fsp3) is 0.118. The number of furan rings is 1. The summed E-state index contributed by atoms with van der Waals surface area (Å²) >= 11 is 0. The maximum atomic E-state index is 10.9. The third-order valence-corrected chi connectivity index (χ3v) is 3.17. The second-order valence-corrected chi connectivity index (χ2v) is 4.77. The third-order valence-electron chi connectivity index (χ3n) is 3.17. The standard InChI is InChI=1S/C17H14O4/c18-17(19)16-9-14-8-13(6-7-15(14)21-16)11-20-10-12-4-2-1-3-5-12/h1-9H,10-11H2,(H,18,19). The van der Waals surface area contributed by atoms with Crippen LogP contribution in [0.1, 0.15) is 21.7 Å². The molecule has 0 spiro atoms. The molecule has 0 fully saturated rings. The Bertz CT molecular complexity index is 759. The predicted octanol–water partition coefficient (Wildman–Crippen LogP) is 3.85. The van der Waals surface area contributed by atoms with Crippen molar-refractivity contribution in [2.45, 2.75) is 13.2 Å². The maximum Gasteiger partial charge on any atom is 0.371 e. The number of hydrogen-bond donors (Lipinski definition) is 1. The van der Waals surface area contributed by atoms with Gasteiger partial charge in [-0.25, -0.2) is 4.79 Å². The van der Waals surface area contributed by atoms with Crippen LogP contribution in [0.2, 0.25) is 0 Å². The zero-order chi connectivity index (χ0) is 14.7. The molecule has 3 aromatic rings. The first-order valence-corrected chi connectivity index (χ1v) is 6.60. The lowest BCUT2D eigenvalue weighted by atomic mass is 10.1. The minimum atomic E-state index is -1.06. The summed E-state index contributed by atoms with van der Waals surface area (Å²) < 4.78 is 10.9. The minimum Gasteiger partial charge on any atom is -0.475 e. The molecule has 3 rings (SSSR count). The molecule has 0 saturated heterocycles. The van der Waals surface area contributed by atoms with E-state index in [1.807, 2.05) is 42.5 Å². The topological polar surface area (TPSA) is 59.7 Å². The van der Waals surface area contributed by atoms with Crippen LogP contribution in [0.5, 0.6) is 0 Å². The molecule has 0 unspecified atom stereocenters. The van der Waals surface area contributed by atoms with E-state index >= 15 is 0 Å². The van der Waals surface area contributed by atoms with Gasteiger partial charge < -0.3 is 14.3 Å². The highest BCUT2D eigenvalue weighted by Gasteiger charge is 2.10. The van der Waals surface area contributed by atoms with Gasteiger partial charge in [-0.05, 0) is 29.3 Å². The fourth-order valence-corrected chi connectivity index (χ4v) is 2.15. The number of aromatic carboxylic acids is 1. The van der Waals surface area contributed by atoms with Gasteiger partial charge in [0.2, 0.25) is 5.76 Å². The van der Waals surface area contributed by atoms with Gasteiger partial charge in [0.1, 0.15) is 5.58 Å². The second-order valence-electron chi connectivity index (χ2n) is 4.77. The molecule has 21 heavy (non-hydrogen) atoms. The predicted molar refractivity (Wildman–Crippen MR) is 78.1 cm³/mol. The Morgan fingerprint density at radius 2 is 1.76 bits per heavy atom. The summed E-state index contributed by atoms with van der Waals surface area (Å²) in [6.07, 6.45) is 0. The highest BCUT2D eigenvalue weighted by atomic mass is 16.5. The van der Waals surface area contributed by atoms with Gasteiger partial charge in [0, 0.05) is 5.39 Å². The Labute approximate surface area is 121 Å². The number of hydrogen-bond acceptors (Lipinski definition) is 3. The van der Waals surface area contributed by atoms with E-state index in [0.717, 1.165) is 16.5 Å². The van der Waals surface area contributed by atoms with Crippen molar-refractivity contribution in [2.75, 3.05) is 0 Å². The quantitative estimate of drug-likeness (QED) is 0.772. The SMILES string of the molecule is O=C(O)c1cc2cc(COCc3ccccc3)ccc2o1. The Morgan fingerprint density at radius 1 is 1.00 bits per heavy atom. The van der Waals surface area contributed by atoms with E-state index in [9.17, 15) is 4.79 Å². The summed E-state index contributed by atoms with van der Waals surface area (Å²) in [4.78, 5) is 10.9. The molecule has 1 N–H and O–H groups in total. The Morgan fingerprint density at radius 3 is 2.52 bits per heavy atom. The molecule has 0 aliphatic heterocycles. The van der Waals surface area contributed by atoms with Crippen molar-refractivity contribution in [3.63, 3.8) is 0 Å². The van der Waals surface area contributed by atoms with Crippen molar-refractivity contribution < 1.29 is 19.1 Å². The lowest BCUT2D eigenvalue weighted by Crippen LogP contribution is -1.93. The summed E-state index contributed by atoms with van der Waals surface area (Å²) in [5, 5.41) is 9.68. The van der Waals surface area contributed by atoms with Gasteiger partial charge in [-0.15, -0.1) is 0 Å². The van der Waals surface area contributed by atoms with Gasteiger partial charge in [-0.3, -0.25) is 0 Å². The van der Waals surface area contributed by atoms with Gasteiger partial charge in [-0.1, -0.05) is 36.4 Å². The Balaban J connectivity index is 1.68. The number of ether oxygens (including phenoxy) is 1. The smallest absolute Gasteiger partial charge is 0.371 e. The molecule has 0 bridgehead atoms. The van der Waals surface area contributed by atoms with Gasteiger partial charge in [0.05, 0.1) is 13.2 Å². The van der Waals surface area contributed by atoms with Crippen molar-refractivity contribution in [1.29, 1.82) is 0 Å². The van der Waals surface area contributed by atoms with Crippen molar-refractivity contribution in [2.24, 2.45) is 0 Å². The number of carboxylic acid groups (broad SMARTS) is 1. The van der Waals surface area contributed by atoms with Crippen LogP contribution in [0.3, 0.4) is 0 Å². The molecule has 1 heterocycles. The van der Waals surface area contributed by atoms with Crippen LogP contribution in [0.15, 0.2) is 59.0 Å². The molecule has 1 aromatic heterocycles. The van der Waals surface area contributed by atoms with Gasteiger partial charge in [0.15, 0.2) is 0 Å². The summed E-state index contributed by atoms with van der Waals surface area (Å²) in [5.41, 5.74) is 2.67. The van der Waals surface area contributed by atoms with Crippen LogP contribution in [-0.2, 0) is 18.0 Å². The second kappa shape index (κ2) is 5.81. The van der Waals surface area contributed by atoms with E-state index < -0.39 is 5.97 Å². The van der Waals surface area contributed by atoms with Crippen LogP contribution < -0.4 is 0 Å². The van der Waals surface area contributed by atoms with Crippen LogP contribution in [-0.4, -0.2) is 11.1 Å². The lowest BCUT2D eigenvalue weighted by Gasteiger charge is -2.04.